The van der Waals surface area contributed by atoms with Gasteiger partial charge in [-0.1, -0.05) is 18.2 Å². The average molecular weight is 212 g/mol. The molecule has 0 fully saturated rings. The first-order valence-electron chi connectivity index (χ1n) is 5.10. The van der Waals surface area contributed by atoms with Gasteiger partial charge in [-0.15, -0.1) is 0 Å². The summed E-state index contributed by atoms with van der Waals surface area (Å²) in [5.41, 5.74) is 9.09. The average Bonchev–Trinajstić information content (AvgIpc) is 2.86. The van der Waals surface area contributed by atoms with Crippen molar-refractivity contribution in [1.82, 2.24) is 14.8 Å². The number of anilines is 1. The molecule has 16 heavy (non-hydrogen) atoms. The molecule has 0 aliphatic heterocycles. The molecule has 1 aromatic carbocycles. The highest BCUT2D eigenvalue weighted by Gasteiger charge is 2.10. The van der Waals surface area contributed by atoms with Gasteiger partial charge in [0.05, 0.1) is 11.7 Å². The predicted octanol–water partition coefficient (Wildman–Crippen LogP) is 2.15. The van der Waals surface area contributed by atoms with E-state index in [2.05, 4.69) is 33.0 Å². The van der Waals surface area contributed by atoms with Gasteiger partial charge in [-0.2, -0.15) is 5.10 Å². The molecule has 2 aromatic heterocycles. The normalized spacial score (nSPS) is 11.1. The minimum Gasteiger partial charge on any atom is -0.384 e. The summed E-state index contributed by atoms with van der Waals surface area (Å²) in [6.07, 6.45) is 3.81. The van der Waals surface area contributed by atoms with Crippen molar-refractivity contribution in [2.75, 3.05) is 5.73 Å². The van der Waals surface area contributed by atoms with Crippen LogP contribution in [0.15, 0.2) is 36.7 Å². The first-order chi connectivity index (χ1) is 7.77. The van der Waals surface area contributed by atoms with Gasteiger partial charge in [0.1, 0.15) is 5.82 Å². The summed E-state index contributed by atoms with van der Waals surface area (Å²) in [6.45, 7) is 0. The topological polar surface area (TPSA) is 59.6 Å². The van der Waals surface area contributed by atoms with Crippen molar-refractivity contribution in [1.29, 1.82) is 0 Å². The molecule has 0 atom stereocenters. The number of H-pyrrole nitrogens is 1. The second-order valence-corrected chi connectivity index (χ2v) is 3.87. The van der Waals surface area contributed by atoms with Crippen LogP contribution in [-0.4, -0.2) is 14.8 Å². The standard InChI is InChI=1S/C12H12N4/c1-16-6-5-8-3-2-4-9(11(8)16)10-7-14-15-12(10)13/h2-7H,1H3,(H3,13,14,15). The first-order valence-corrected chi connectivity index (χ1v) is 5.10. The minimum atomic E-state index is 0.605. The Balaban J connectivity index is 2.39. The van der Waals surface area contributed by atoms with Gasteiger partial charge in [0.2, 0.25) is 0 Å². The van der Waals surface area contributed by atoms with Gasteiger partial charge in [-0.25, -0.2) is 0 Å². The predicted molar refractivity (Wildman–Crippen MR) is 64.9 cm³/mol. The Kier molecular flexibility index (Phi) is 1.77. The fourth-order valence-corrected chi connectivity index (χ4v) is 2.08. The molecule has 80 valence electrons. The lowest BCUT2D eigenvalue weighted by molar-refractivity contribution is 0.970. The summed E-state index contributed by atoms with van der Waals surface area (Å²) in [7, 11) is 2.03. The van der Waals surface area contributed by atoms with Crippen molar-refractivity contribution in [3.05, 3.63) is 36.7 Å². The molecule has 0 aliphatic carbocycles. The number of aryl methyl sites for hydroxylation is 1. The maximum Gasteiger partial charge on any atom is 0.126 e. The van der Waals surface area contributed by atoms with Crippen LogP contribution in [0.2, 0.25) is 0 Å². The number of nitrogen functional groups attached to an aromatic ring is 1. The summed E-state index contributed by atoms with van der Waals surface area (Å²) in [4.78, 5) is 0. The molecule has 0 amide bonds. The third-order valence-corrected chi connectivity index (χ3v) is 2.86. The molecule has 0 unspecified atom stereocenters. The zero-order valence-electron chi connectivity index (χ0n) is 8.94. The Hall–Kier alpha value is -2.23. The van der Waals surface area contributed by atoms with E-state index in [4.69, 9.17) is 5.73 Å². The van der Waals surface area contributed by atoms with E-state index in [-0.39, 0.29) is 0 Å². The number of aromatic nitrogens is 3. The first kappa shape index (κ1) is 9.03. The molecule has 3 rings (SSSR count). The lowest BCUT2D eigenvalue weighted by Crippen LogP contribution is -1.91. The van der Waals surface area contributed by atoms with Crippen LogP contribution in [0.25, 0.3) is 22.0 Å². The number of rotatable bonds is 1. The SMILES string of the molecule is Cn1ccc2cccc(-c3cn[nH]c3N)c21. The van der Waals surface area contributed by atoms with E-state index in [9.17, 15) is 0 Å². The third kappa shape index (κ3) is 1.13. The second-order valence-electron chi connectivity index (χ2n) is 3.87. The number of hydrogen-bond donors (Lipinski definition) is 2. The summed E-state index contributed by atoms with van der Waals surface area (Å²) < 4.78 is 2.09. The van der Waals surface area contributed by atoms with E-state index in [1.54, 1.807) is 6.20 Å². The van der Waals surface area contributed by atoms with E-state index in [1.807, 2.05) is 19.3 Å². The number of benzene rings is 1. The summed E-state index contributed by atoms with van der Waals surface area (Å²) in [5.74, 6) is 0.605. The molecule has 0 aliphatic rings. The van der Waals surface area contributed by atoms with Crippen molar-refractivity contribution < 1.29 is 0 Å². The number of nitrogens with two attached hydrogens (primary N) is 1. The highest BCUT2D eigenvalue weighted by molar-refractivity contribution is 5.96. The van der Waals surface area contributed by atoms with Crippen molar-refractivity contribution in [2.45, 2.75) is 0 Å². The van der Waals surface area contributed by atoms with E-state index >= 15 is 0 Å². The Morgan fingerprint density at radius 1 is 1.25 bits per heavy atom. The van der Waals surface area contributed by atoms with Gasteiger partial charge in [-0.3, -0.25) is 5.10 Å². The molecule has 2 heterocycles. The van der Waals surface area contributed by atoms with Crippen LogP contribution in [0, 0.1) is 0 Å². The minimum absolute atomic E-state index is 0.605. The van der Waals surface area contributed by atoms with Gasteiger partial charge < -0.3 is 10.3 Å². The van der Waals surface area contributed by atoms with Crippen molar-refractivity contribution in [2.24, 2.45) is 7.05 Å². The fraction of sp³-hybridized carbons (Fsp3) is 0.0833. The number of fused-ring (bicyclic) bond motifs is 1. The largest absolute Gasteiger partial charge is 0.384 e. The number of hydrogen-bond acceptors (Lipinski definition) is 2. The molecule has 4 heteroatoms. The number of nitrogens with zero attached hydrogens (tertiary/aromatic N) is 2. The Morgan fingerprint density at radius 2 is 2.12 bits per heavy atom. The molecule has 4 nitrogen and oxygen atoms in total. The van der Waals surface area contributed by atoms with Gasteiger partial charge in [0.15, 0.2) is 0 Å². The maximum absolute atomic E-state index is 5.86. The second kappa shape index (κ2) is 3.13. The van der Waals surface area contributed by atoms with Gasteiger partial charge in [0, 0.05) is 29.8 Å². The van der Waals surface area contributed by atoms with Crippen molar-refractivity contribution in [3.8, 4) is 11.1 Å². The Labute approximate surface area is 92.7 Å². The molecular weight excluding hydrogens is 200 g/mol. The molecule has 0 spiro atoms. The summed E-state index contributed by atoms with van der Waals surface area (Å²) in [5, 5.41) is 7.93. The Bertz CT molecular complexity index is 648. The third-order valence-electron chi connectivity index (χ3n) is 2.86. The number of para-hydroxylation sites is 1. The van der Waals surface area contributed by atoms with Gasteiger partial charge in [0.25, 0.3) is 0 Å². The fourth-order valence-electron chi connectivity index (χ4n) is 2.08. The molecular formula is C12H12N4. The lowest BCUT2D eigenvalue weighted by atomic mass is 10.1. The van der Waals surface area contributed by atoms with Gasteiger partial charge >= 0.3 is 0 Å². The zero-order chi connectivity index (χ0) is 11.1. The highest BCUT2D eigenvalue weighted by atomic mass is 15.1. The molecule has 0 saturated carbocycles. The van der Waals surface area contributed by atoms with Crippen LogP contribution < -0.4 is 5.73 Å². The van der Waals surface area contributed by atoms with Crippen LogP contribution in [0.1, 0.15) is 0 Å². The lowest BCUT2D eigenvalue weighted by Gasteiger charge is -2.04. The van der Waals surface area contributed by atoms with Crippen LogP contribution >= 0.6 is 0 Å². The molecule has 0 bridgehead atoms. The van der Waals surface area contributed by atoms with E-state index in [1.165, 1.54) is 10.9 Å². The number of aromatic amines is 1. The van der Waals surface area contributed by atoms with Crippen LogP contribution in [0.5, 0.6) is 0 Å². The molecule has 0 saturated heterocycles. The van der Waals surface area contributed by atoms with E-state index < -0.39 is 0 Å². The summed E-state index contributed by atoms with van der Waals surface area (Å²) in [6, 6.07) is 8.28. The van der Waals surface area contributed by atoms with Crippen molar-refractivity contribution >= 4 is 16.7 Å². The van der Waals surface area contributed by atoms with E-state index in [0.717, 1.165) is 11.1 Å². The molecule has 3 N–H and O–H groups in total. The molecule has 0 radical (unpaired) electrons. The van der Waals surface area contributed by atoms with Crippen LogP contribution in [0.4, 0.5) is 5.82 Å². The quantitative estimate of drug-likeness (QED) is 0.649. The smallest absolute Gasteiger partial charge is 0.126 e. The molecule has 3 aromatic rings. The number of nitrogens with one attached hydrogen (secondary N) is 1. The highest BCUT2D eigenvalue weighted by Crippen LogP contribution is 2.31. The monoisotopic (exact) mass is 212 g/mol. The Morgan fingerprint density at radius 3 is 2.88 bits per heavy atom. The van der Waals surface area contributed by atoms with Crippen LogP contribution in [-0.2, 0) is 7.05 Å². The van der Waals surface area contributed by atoms with Gasteiger partial charge in [-0.05, 0) is 6.07 Å². The zero-order valence-corrected chi connectivity index (χ0v) is 8.94. The maximum atomic E-state index is 5.86. The van der Waals surface area contributed by atoms with Crippen LogP contribution in [0.3, 0.4) is 0 Å². The van der Waals surface area contributed by atoms with Crippen molar-refractivity contribution in [3.63, 3.8) is 0 Å². The van der Waals surface area contributed by atoms with E-state index in [0.29, 0.717) is 5.82 Å². The summed E-state index contributed by atoms with van der Waals surface area (Å²) >= 11 is 0.